The Kier molecular flexibility index (Phi) is 5.91. The summed E-state index contributed by atoms with van der Waals surface area (Å²) in [5, 5.41) is 1.15. The first-order chi connectivity index (χ1) is 12.9. The third-order valence-electron chi connectivity index (χ3n) is 4.87. The number of carbonyl (C=O) groups is 1. The van der Waals surface area contributed by atoms with E-state index in [2.05, 4.69) is 40.0 Å². The van der Waals surface area contributed by atoms with E-state index in [4.69, 9.17) is 0 Å². The van der Waals surface area contributed by atoms with Crippen LogP contribution >= 0.6 is 0 Å². The fourth-order valence-electron chi connectivity index (χ4n) is 3.31. The smallest absolute Gasteiger partial charge is 0.227 e. The van der Waals surface area contributed by atoms with Crippen molar-refractivity contribution in [2.24, 2.45) is 0 Å². The van der Waals surface area contributed by atoms with Crippen molar-refractivity contribution in [1.29, 1.82) is 0 Å². The number of H-pyrrole nitrogens is 1. The molecule has 27 heavy (non-hydrogen) atoms. The maximum Gasteiger partial charge on any atom is 0.227 e. The molecule has 1 amide bonds. The Labute approximate surface area is 161 Å². The van der Waals surface area contributed by atoms with Crippen LogP contribution in [0.5, 0.6) is 0 Å². The molecule has 0 aliphatic carbocycles. The number of rotatable bonds is 7. The third-order valence-corrected chi connectivity index (χ3v) is 4.87. The highest BCUT2D eigenvalue weighted by Gasteiger charge is 2.18. The zero-order chi connectivity index (χ0) is 19.4. The molecule has 0 saturated carbocycles. The van der Waals surface area contributed by atoms with Gasteiger partial charge in [-0.05, 0) is 57.3 Å². The predicted molar refractivity (Wildman–Crippen MR) is 110 cm³/mol. The van der Waals surface area contributed by atoms with Gasteiger partial charge in [0.2, 0.25) is 5.91 Å². The molecule has 5 nitrogen and oxygen atoms in total. The van der Waals surface area contributed by atoms with Gasteiger partial charge in [0.25, 0.3) is 0 Å². The largest absolute Gasteiger partial charge is 0.358 e. The highest BCUT2D eigenvalue weighted by molar-refractivity contribution is 5.90. The normalized spacial score (nSPS) is 11.3. The van der Waals surface area contributed by atoms with Gasteiger partial charge < -0.3 is 14.8 Å². The molecule has 0 unspecified atom stereocenters. The minimum Gasteiger partial charge on any atom is -0.358 e. The molecule has 0 fully saturated rings. The number of amides is 1. The minimum atomic E-state index is 0.145. The minimum absolute atomic E-state index is 0.145. The van der Waals surface area contributed by atoms with Crippen LogP contribution in [0.3, 0.4) is 0 Å². The molecule has 2 aromatic heterocycles. The van der Waals surface area contributed by atoms with Crippen LogP contribution in [0.1, 0.15) is 22.4 Å². The van der Waals surface area contributed by atoms with E-state index in [1.54, 1.807) is 6.20 Å². The van der Waals surface area contributed by atoms with E-state index in [1.807, 2.05) is 44.2 Å². The lowest BCUT2D eigenvalue weighted by Crippen LogP contribution is -2.37. The van der Waals surface area contributed by atoms with E-state index in [-0.39, 0.29) is 5.91 Å². The summed E-state index contributed by atoms with van der Waals surface area (Å²) in [5.41, 5.74) is 5.51. The van der Waals surface area contributed by atoms with Crippen LogP contribution < -0.4 is 0 Å². The zero-order valence-corrected chi connectivity index (χ0v) is 16.6. The van der Waals surface area contributed by atoms with Crippen LogP contribution in [-0.2, 0) is 17.8 Å². The number of carbonyl (C=O) groups excluding carboxylic acids is 1. The van der Waals surface area contributed by atoms with Crippen molar-refractivity contribution < 1.29 is 4.79 Å². The van der Waals surface area contributed by atoms with E-state index in [1.165, 1.54) is 5.56 Å². The summed E-state index contributed by atoms with van der Waals surface area (Å²) in [5.74, 6) is 0.145. The van der Waals surface area contributed by atoms with Crippen LogP contribution in [0, 0.1) is 13.8 Å². The van der Waals surface area contributed by atoms with E-state index < -0.39 is 0 Å². The maximum absolute atomic E-state index is 13.2. The summed E-state index contributed by atoms with van der Waals surface area (Å²) < 4.78 is 0. The Morgan fingerprint density at radius 3 is 2.67 bits per heavy atom. The molecule has 0 saturated heterocycles. The topological polar surface area (TPSA) is 52.2 Å². The first-order valence-electron chi connectivity index (χ1n) is 9.33. The molecule has 1 N–H and O–H groups in total. The predicted octanol–water partition coefficient (Wildman–Crippen LogP) is 3.31. The Hall–Kier alpha value is -2.66. The van der Waals surface area contributed by atoms with Gasteiger partial charge >= 0.3 is 0 Å². The van der Waals surface area contributed by atoms with Gasteiger partial charge in [-0.1, -0.05) is 17.7 Å². The van der Waals surface area contributed by atoms with Crippen molar-refractivity contribution in [2.45, 2.75) is 26.8 Å². The Morgan fingerprint density at radius 1 is 1.15 bits per heavy atom. The first-order valence-corrected chi connectivity index (χ1v) is 9.33. The van der Waals surface area contributed by atoms with Crippen molar-refractivity contribution in [3.63, 3.8) is 0 Å². The first kappa shape index (κ1) is 19.1. The van der Waals surface area contributed by atoms with Crippen LogP contribution in [0.2, 0.25) is 0 Å². The van der Waals surface area contributed by atoms with Gasteiger partial charge in [0.05, 0.1) is 6.42 Å². The Morgan fingerprint density at radius 2 is 1.96 bits per heavy atom. The van der Waals surface area contributed by atoms with Gasteiger partial charge in [-0.25, -0.2) is 0 Å². The van der Waals surface area contributed by atoms with Crippen molar-refractivity contribution in [2.75, 3.05) is 27.2 Å². The molecule has 3 rings (SSSR count). The van der Waals surface area contributed by atoms with Crippen molar-refractivity contribution >= 4 is 16.8 Å². The van der Waals surface area contributed by atoms with E-state index in [0.29, 0.717) is 19.5 Å². The molecule has 0 atom stereocenters. The number of hydrogen-bond donors (Lipinski definition) is 1. The molecule has 0 aliphatic rings. The van der Waals surface area contributed by atoms with Crippen LogP contribution in [0.25, 0.3) is 10.9 Å². The van der Waals surface area contributed by atoms with Crippen LogP contribution in [-0.4, -0.2) is 52.9 Å². The molecule has 142 valence electrons. The maximum atomic E-state index is 13.2. The third kappa shape index (κ3) is 4.74. The highest BCUT2D eigenvalue weighted by Crippen LogP contribution is 2.24. The number of aryl methyl sites for hydroxylation is 2. The summed E-state index contributed by atoms with van der Waals surface area (Å²) >= 11 is 0. The SMILES string of the molecule is Cc1ccc2[nH]c(C)c(CC(=O)N(CCN(C)C)Cc3cccnc3)c2c1. The molecule has 1 aromatic carbocycles. The van der Waals surface area contributed by atoms with Crippen molar-refractivity contribution in [3.05, 3.63) is 65.1 Å². The van der Waals surface area contributed by atoms with E-state index in [0.717, 1.165) is 34.3 Å². The lowest BCUT2D eigenvalue weighted by Gasteiger charge is -2.24. The number of nitrogens with zero attached hydrogens (tertiary/aromatic N) is 3. The Balaban J connectivity index is 1.83. The van der Waals surface area contributed by atoms with Crippen molar-refractivity contribution in [3.8, 4) is 0 Å². The zero-order valence-electron chi connectivity index (χ0n) is 16.6. The fourth-order valence-corrected chi connectivity index (χ4v) is 3.31. The number of nitrogens with one attached hydrogen (secondary N) is 1. The second kappa shape index (κ2) is 8.35. The molecule has 0 radical (unpaired) electrons. The van der Waals surface area contributed by atoms with E-state index >= 15 is 0 Å². The fraction of sp³-hybridized carbons (Fsp3) is 0.364. The molecule has 5 heteroatoms. The molecular formula is C22H28N4O. The molecule has 2 heterocycles. The number of aromatic nitrogens is 2. The molecule has 0 spiro atoms. The standard InChI is InChI=1S/C22H28N4O/c1-16-7-8-21-20(12-16)19(17(2)24-21)13-22(27)26(11-10-25(3)4)15-18-6-5-9-23-14-18/h5-9,12,14,24H,10-11,13,15H2,1-4H3. The number of aromatic amines is 1. The quantitative estimate of drug-likeness (QED) is 0.700. The average Bonchev–Trinajstić information content (AvgIpc) is 2.94. The number of benzene rings is 1. The summed E-state index contributed by atoms with van der Waals surface area (Å²) in [6.45, 7) is 6.24. The second-order valence-corrected chi connectivity index (χ2v) is 7.43. The van der Waals surface area contributed by atoms with Gasteiger partial charge in [-0.2, -0.15) is 0 Å². The number of fused-ring (bicyclic) bond motifs is 1. The van der Waals surface area contributed by atoms with Gasteiger partial charge in [0.15, 0.2) is 0 Å². The van der Waals surface area contributed by atoms with Gasteiger partial charge in [0.1, 0.15) is 0 Å². The Bertz CT molecular complexity index is 915. The van der Waals surface area contributed by atoms with Crippen LogP contribution in [0.15, 0.2) is 42.7 Å². The lowest BCUT2D eigenvalue weighted by atomic mass is 10.0. The number of pyridine rings is 1. The summed E-state index contributed by atoms with van der Waals surface area (Å²) in [4.78, 5) is 24.8. The average molecular weight is 364 g/mol. The van der Waals surface area contributed by atoms with Crippen molar-refractivity contribution in [1.82, 2.24) is 19.8 Å². The summed E-state index contributed by atoms with van der Waals surface area (Å²) in [7, 11) is 4.05. The summed E-state index contributed by atoms with van der Waals surface area (Å²) in [6, 6.07) is 10.3. The number of hydrogen-bond acceptors (Lipinski definition) is 3. The molecule has 0 aliphatic heterocycles. The second-order valence-electron chi connectivity index (χ2n) is 7.43. The van der Waals surface area contributed by atoms with Gasteiger partial charge in [-0.15, -0.1) is 0 Å². The van der Waals surface area contributed by atoms with Gasteiger partial charge in [0, 0.05) is 48.6 Å². The number of likely N-dealkylation sites (N-methyl/N-ethyl adjacent to an activating group) is 1. The monoisotopic (exact) mass is 364 g/mol. The van der Waals surface area contributed by atoms with Crippen LogP contribution in [0.4, 0.5) is 0 Å². The van der Waals surface area contributed by atoms with Gasteiger partial charge in [-0.3, -0.25) is 9.78 Å². The molecule has 3 aromatic rings. The summed E-state index contributed by atoms with van der Waals surface area (Å²) in [6.07, 6.45) is 3.99. The highest BCUT2D eigenvalue weighted by atomic mass is 16.2. The molecular weight excluding hydrogens is 336 g/mol. The van der Waals surface area contributed by atoms with E-state index in [9.17, 15) is 4.79 Å². The lowest BCUT2D eigenvalue weighted by molar-refractivity contribution is -0.131. The molecule has 0 bridgehead atoms.